The molecule has 3 N–H and O–H groups in total. The number of anilines is 1. The first kappa shape index (κ1) is 14.8. The van der Waals surface area contributed by atoms with Crippen LogP contribution in [0.4, 0.5) is 5.69 Å². The third-order valence-electron chi connectivity index (χ3n) is 3.14. The van der Waals surface area contributed by atoms with Gasteiger partial charge in [-0.05, 0) is 18.2 Å². The van der Waals surface area contributed by atoms with Crippen LogP contribution in [-0.2, 0) is 9.59 Å². The summed E-state index contributed by atoms with van der Waals surface area (Å²) in [4.78, 5) is 23.3. The largest absolute Gasteiger partial charge is 0.355 e. The van der Waals surface area contributed by atoms with Crippen molar-refractivity contribution in [2.24, 2.45) is 5.92 Å². The maximum absolute atomic E-state index is 11.9. The Balaban J connectivity index is 1.90. The van der Waals surface area contributed by atoms with E-state index in [9.17, 15) is 9.59 Å². The van der Waals surface area contributed by atoms with E-state index in [1.165, 1.54) is 0 Å². The summed E-state index contributed by atoms with van der Waals surface area (Å²) in [7, 11) is 0. The Labute approximate surface area is 123 Å². The molecule has 1 aliphatic rings. The first-order valence-corrected chi connectivity index (χ1v) is 6.98. The molecule has 0 aliphatic carbocycles. The summed E-state index contributed by atoms with van der Waals surface area (Å²) in [5.74, 6) is -0.132. The minimum atomic E-state index is -0.417. The third-order valence-corrected chi connectivity index (χ3v) is 3.38. The SMILES string of the molecule is CC(C)C(=O)NCCNC1C(=O)Nc2ccc(Cl)cc21. The zero-order valence-electron chi connectivity index (χ0n) is 11.5. The van der Waals surface area contributed by atoms with Crippen molar-refractivity contribution in [2.75, 3.05) is 18.4 Å². The molecule has 1 unspecified atom stereocenters. The smallest absolute Gasteiger partial charge is 0.246 e. The van der Waals surface area contributed by atoms with E-state index in [4.69, 9.17) is 11.6 Å². The van der Waals surface area contributed by atoms with Gasteiger partial charge >= 0.3 is 0 Å². The monoisotopic (exact) mass is 295 g/mol. The number of rotatable bonds is 5. The second-order valence-corrected chi connectivity index (χ2v) is 5.49. The topological polar surface area (TPSA) is 70.2 Å². The molecule has 1 atom stereocenters. The van der Waals surface area contributed by atoms with Crippen LogP contribution in [0.2, 0.25) is 5.02 Å². The molecular formula is C14H18ClN3O2. The number of nitrogens with one attached hydrogen (secondary N) is 3. The summed E-state index contributed by atoms with van der Waals surface area (Å²) in [6.07, 6.45) is 0. The van der Waals surface area contributed by atoms with Crippen LogP contribution in [0.25, 0.3) is 0 Å². The second kappa shape index (κ2) is 6.24. The van der Waals surface area contributed by atoms with Crippen LogP contribution in [0.1, 0.15) is 25.5 Å². The fraction of sp³-hybridized carbons (Fsp3) is 0.429. The molecule has 0 radical (unpaired) electrons. The summed E-state index contributed by atoms with van der Waals surface area (Å²) in [5, 5.41) is 9.31. The van der Waals surface area contributed by atoms with Crippen molar-refractivity contribution in [3.8, 4) is 0 Å². The molecule has 1 aliphatic heterocycles. The summed E-state index contributed by atoms with van der Waals surface area (Å²) in [5.41, 5.74) is 1.63. The van der Waals surface area contributed by atoms with Gasteiger partial charge in [0.25, 0.3) is 0 Å². The fourth-order valence-corrected chi connectivity index (χ4v) is 2.22. The van der Waals surface area contributed by atoms with Crippen LogP contribution < -0.4 is 16.0 Å². The summed E-state index contributed by atoms with van der Waals surface area (Å²) in [6, 6.07) is 4.89. The Kier molecular flexibility index (Phi) is 4.62. The molecular weight excluding hydrogens is 278 g/mol. The Morgan fingerprint density at radius 2 is 2.15 bits per heavy atom. The van der Waals surface area contributed by atoms with Gasteiger partial charge in [0.15, 0.2) is 0 Å². The maximum atomic E-state index is 11.9. The lowest BCUT2D eigenvalue weighted by atomic mass is 10.1. The Morgan fingerprint density at radius 1 is 1.40 bits per heavy atom. The van der Waals surface area contributed by atoms with Gasteiger partial charge in [0.2, 0.25) is 11.8 Å². The highest BCUT2D eigenvalue weighted by Crippen LogP contribution is 2.32. The molecule has 0 saturated carbocycles. The van der Waals surface area contributed by atoms with Crippen molar-refractivity contribution in [3.63, 3.8) is 0 Å². The Bertz CT molecular complexity index is 531. The first-order chi connectivity index (χ1) is 9.49. The molecule has 1 heterocycles. The summed E-state index contributed by atoms with van der Waals surface area (Å²) >= 11 is 5.95. The van der Waals surface area contributed by atoms with Gasteiger partial charge in [-0.2, -0.15) is 0 Å². The molecule has 0 aromatic heterocycles. The van der Waals surface area contributed by atoms with Gasteiger partial charge in [-0.1, -0.05) is 25.4 Å². The van der Waals surface area contributed by atoms with Crippen molar-refractivity contribution in [3.05, 3.63) is 28.8 Å². The molecule has 0 fully saturated rings. The normalized spacial score (nSPS) is 17.0. The molecule has 0 spiro atoms. The average molecular weight is 296 g/mol. The fourth-order valence-electron chi connectivity index (χ4n) is 2.04. The first-order valence-electron chi connectivity index (χ1n) is 6.60. The van der Waals surface area contributed by atoms with Gasteiger partial charge in [0, 0.05) is 35.3 Å². The van der Waals surface area contributed by atoms with Gasteiger partial charge < -0.3 is 16.0 Å². The van der Waals surface area contributed by atoms with Gasteiger partial charge in [-0.25, -0.2) is 0 Å². The molecule has 1 aromatic rings. The lowest BCUT2D eigenvalue weighted by Crippen LogP contribution is -2.37. The van der Waals surface area contributed by atoms with Crippen molar-refractivity contribution in [2.45, 2.75) is 19.9 Å². The van der Waals surface area contributed by atoms with Crippen LogP contribution in [0.5, 0.6) is 0 Å². The summed E-state index contributed by atoms with van der Waals surface area (Å²) < 4.78 is 0. The van der Waals surface area contributed by atoms with Crippen LogP contribution in [-0.4, -0.2) is 24.9 Å². The lowest BCUT2D eigenvalue weighted by Gasteiger charge is -2.13. The van der Waals surface area contributed by atoms with E-state index in [-0.39, 0.29) is 17.7 Å². The quantitative estimate of drug-likeness (QED) is 0.724. The van der Waals surface area contributed by atoms with Crippen LogP contribution in [0.15, 0.2) is 18.2 Å². The number of hydrogen-bond acceptors (Lipinski definition) is 3. The predicted octanol–water partition coefficient (Wildman–Crippen LogP) is 1.69. The van der Waals surface area contributed by atoms with E-state index in [0.29, 0.717) is 18.1 Å². The van der Waals surface area contributed by atoms with Gasteiger partial charge in [0.05, 0.1) is 0 Å². The van der Waals surface area contributed by atoms with Crippen molar-refractivity contribution < 1.29 is 9.59 Å². The van der Waals surface area contributed by atoms with Gasteiger partial charge in [-0.15, -0.1) is 0 Å². The lowest BCUT2D eigenvalue weighted by molar-refractivity contribution is -0.123. The van der Waals surface area contributed by atoms with E-state index in [2.05, 4.69) is 16.0 Å². The molecule has 1 aromatic carbocycles. The number of carbonyl (C=O) groups is 2. The number of benzene rings is 1. The predicted molar refractivity (Wildman–Crippen MR) is 78.7 cm³/mol. The number of amides is 2. The second-order valence-electron chi connectivity index (χ2n) is 5.05. The van der Waals surface area contributed by atoms with E-state index in [1.807, 2.05) is 13.8 Å². The van der Waals surface area contributed by atoms with Crippen LogP contribution in [0, 0.1) is 5.92 Å². The highest BCUT2D eigenvalue weighted by atomic mass is 35.5. The molecule has 5 nitrogen and oxygen atoms in total. The maximum Gasteiger partial charge on any atom is 0.246 e. The van der Waals surface area contributed by atoms with E-state index < -0.39 is 6.04 Å². The van der Waals surface area contributed by atoms with E-state index >= 15 is 0 Å². The molecule has 0 saturated heterocycles. The van der Waals surface area contributed by atoms with Crippen molar-refractivity contribution in [1.29, 1.82) is 0 Å². The molecule has 6 heteroatoms. The van der Waals surface area contributed by atoms with Crippen LogP contribution >= 0.6 is 11.6 Å². The Hall–Kier alpha value is -1.59. The zero-order chi connectivity index (χ0) is 14.7. The summed E-state index contributed by atoms with van der Waals surface area (Å²) in [6.45, 7) is 4.68. The number of hydrogen-bond donors (Lipinski definition) is 3. The highest BCUT2D eigenvalue weighted by molar-refractivity contribution is 6.31. The minimum absolute atomic E-state index is 0.00566. The average Bonchev–Trinajstić information content (AvgIpc) is 2.70. The number of fused-ring (bicyclic) bond motifs is 1. The third kappa shape index (κ3) is 3.29. The van der Waals surface area contributed by atoms with Crippen molar-refractivity contribution >= 4 is 29.1 Å². The van der Waals surface area contributed by atoms with Crippen LogP contribution in [0.3, 0.4) is 0 Å². The Morgan fingerprint density at radius 3 is 2.85 bits per heavy atom. The molecule has 20 heavy (non-hydrogen) atoms. The molecule has 0 bridgehead atoms. The molecule has 2 rings (SSSR count). The van der Waals surface area contributed by atoms with Gasteiger partial charge in [0.1, 0.15) is 6.04 Å². The number of halogens is 1. The van der Waals surface area contributed by atoms with Crippen molar-refractivity contribution in [1.82, 2.24) is 10.6 Å². The minimum Gasteiger partial charge on any atom is -0.355 e. The standard InChI is InChI=1S/C14H18ClN3O2/c1-8(2)13(19)17-6-5-16-12-10-7-9(15)3-4-11(10)18-14(12)20/h3-4,7-8,12,16H,5-6H2,1-2H3,(H,17,19)(H,18,20). The molecule has 2 amide bonds. The molecule has 108 valence electrons. The van der Waals surface area contributed by atoms with E-state index in [1.54, 1.807) is 18.2 Å². The number of carbonyl (C=O) groups excluding carboxylic acids is 2. The van der Waals surface area contributed by atoms with E-state index in [0.717, 1.165) is 11.3 Å². The van der Waals surface area contributed by atoms with Gasteiger partial charge in [-0.3, -0.25) is 9.59 Å². The zero-order valence-corrected chi connectivity index (χ0v) is 12.3. The highest BCUT2D eigenvalue weighted by Gasteiger charge is 2.29.